The van der Waals surface area contributed by atoms with Gasteiger partial charge < -0.3 is 4.98 Å². The minimum Gasteiger partial charge on any atom is -0.326 e. The minimum atomic E-state index is -3.67. The highest BCUT2D eigenvalue weighted by molar-refractivity contribution is 7.89. The van der Waals surface area contributed by atoms with Gasteiger partial charge >= 0.3 is 0 Å². The summed E-state index contributed by atoms with van der Waals surface area (Å²) in [5.74, 6) is 0. The molecule has 1 rings (SSSR count). The van der Waals surface area contributed by atoms with Crippen molar-refractivity contribution in [3.63, 3.8) is 0 Å². The second-order valence-electron chi connectivity index (χ2n) is 3.53. The molecule has 98 valence electrons. The third-order valence-electron chi connectivity index (χ3n) is 2.15. The predicted octanol–water partition coefficient (Wildman–Crippen LogP) is 1.00. The first-order valence-electron chi connectivity index (χ1n) is 5.22. The van der Waals surface area contributed by atoms with Gasteiger partial charge in [0.1, 0.15) is 5.02 Å². The second-order valence-corrected chi connectivity index (χ2v) is 5.70. The van der Waals surface area contributed by atoms with Crippen molar-refractivity contribution < 1.29 is 8.42 Å². The molecular formula is C10H12ClN3O3S. The zero-order chi connectivity index (χ0) is 13.6. The molecular weight excluding hydrogens is 278 g/mol. The number of unbranched alkanes of at least 4 members (excludes halogenated alkanes) is 2. The van der Waals surface area contributed by atoms with Crippen molar-refractivity contribution in [2.24, 2.45) is 0 Å². The number of pyridine rings is 1. The zero-order valence-corrected chi connectivity index (χ0v) is 11.0. The van der Waals surface area contributed by atoms with Gasteiger partial charge in [-0.25, -0.2) is 13.1 Å². The minimum absolute atomic E-state index is 0.0904. The highest BCUT2D eigenvalue weighted by Gasteiger charge is 2.14. The van der Waals surface area contributed by atoms with Crippen LogP contribution in [0.25, 0.3) is 0 Å². The summed E-state index contributed by atoms with van der Waals surface area (Å²) in [5, 5.41) is 8.14. The summed E-state index contributed by atoms with van der Waals surface area (Å²) in [5.41, 5.74) is -0.537. The summed E-state index contributed by atoms with van der Waals surface area (Å²) in [6, 6.07) is 3.07. The Labute approximate surface area is 110 Å². The van der Waals surface area contributed by atoms with Gasteiger partial charge in [0, 0.05) is 19.2 Å². The summed E-state index contributed by atoms with van der Waals surface area (Å²) >= 11 is 5.55. The van der Waals surface area contributed by atoms with E-state index in [9.17, 15) is 13.2 Å². The summed E-state index contributed by atoms with van der Waals surface area (Å²) in [6.45, 7) is 0.237. The standard InChI is InChI=1S/C10H12ClN3O3S/c11-9-6-8(7-13-10(9)15)18(16,17)14-5-3-1-2-4-12/h6-7,14H,1-3,5H2,(H,13,15). The lowest BCUT2D eigenvalue weighted by Gasteiger charge is -2.05. The van der Waals surface area contributed by atoms with E-state index in [4.69, 9.17) is 16.9 Å². The quantitative estimate of drug-likeness (QED) is 0.763. The molecule has 18 heavy (non-hydrogen) atoms. The van der Waals surface area contributed by atoms with Crippen LogP contribution in [-0.2, 0) is 10.0 Å². The van der Waals surface area contributed by atoms with Crippen molar-refractivity contribution >= 4 is 21.6 Å². The molecule has 1 aromatic rings. The van der Waals surface area contributed by atoms with Crippen molar-refractivity contribution in [2.75, 3.05) is 6.54 Å². The Morgan fingerprint density at radius 1 is 1.44 bits per heavy atom. The number of aromatic nitrogens is 1. The molecule has 0 saturated carbocycles. The number of nitriles is 1. The molecule has 6 nitrogen and oxygen atoms in total. The van der Waals surface area contributed by atoms with Crippen molar-refractivity contribution in [2.45, 2.75) is 24.2 Å². The lowest BCUT2D eigenvalue weighted by atomic mass is 10.2. The normalized spacial score (nSPS) is 11.1. The Kier molecular flexibility index (Phi) is 5.34. The number of hydrogen-bond acceptors (Lipinski definition) is 4. The topological polar surface area (TPSA) is 103 Å². The Morgan fingerprint density at radius 3 is 2.78 bits per heavy atom. The Balaban J connectivity index is 2.66. The predicted molar refractivity (Wildman–Crippen MR) is 66.7 cm³/mol. The third-order valence-corrected chi connectivity index (χ3v) is 3.87. The third kappa shape index (κ3) is 4.14. The number of aromatic amines is 1. The molecule has 0 saturated heterocycles. The summed E-state index contributed by atoms with van der Waals surface area (Å²) < 4.78 is 25.9. The Hall–Kier alpha value is -1.36. The average Bonchev–Trinajstić information content (AvgIpc) is 2.32. The maximum Gasteiger partial charge on any atom is 0.266 e. The Bertz CT molecular complexity index is 604. The molecule has 2 N–H and O–H groups in total. The van der Waals surface area contributed by atoms with E-state index in [2.05, 4.69) is 9.71 Å². The number of sulfonamides is 1. The molecule has 0 aliphatic rings. The fourth-order valence-electron chi connectivity index (χ4n) is 1.21. The van der Waals surface area contributed by atoms with E-state index in [-0.39, 0.29) is 16.5 Å². The van der Waals surface area contributed by atoms with E-state index in [1.165, 1.54) is 0 Å². The fraction of sp³-hybridized carbons (Fsp3) is 0.400. The molecule has 0 radical (unpaired) electrons. The number of H-pyrrole nitrogens is 1. The van der Waals surface area contributed by atoms with E-state index in [1.807, 2.05) is 6.07 Å². The molecule has 8 heteroatoms. The van der Waals surface area contributed by atoms with Gasteiger partial charge in [0.05, 0.1) is 11.0 Å². The molecule has 1 aromatic heterocycles. The van der Waals surface area contributed by atoms with Crippen LogP contribution in [0.15, 0.2) is 22.0 Å². The lowest BCUT2D eigenvalue weighted by molar-refractivity contribution is 0.577. The van der Waals surface area contributed by atoms with Gasteiger partial charge in [-0.1, -0.05) is 11.6 Å². The van der Waals surface area contributed by atoms with Crippen LogP contribution in [0.4, 0.5) is 0 Å². The summed E-state index contributed by atoms with van der Waals surface area (Å²) in [6.07, 6.45) is 2.69. The Morgan fingerprint density at radius 2 is 2.17 bits per heavy atom. The van der Waals surface area contributed by atoms with Crippen molar-refractivity contribution in [3.8, 4) is 6.07 Å². The summed E-state index contributed by atoms with van der Waals surface area (Å²) in [4.78, 5) is 13.1. The first-order chi connectivity index (χ1) is 8.47. The molecule has 0 fully saturated rings. The van der Waals surface area contributed by atoms with Gasteiger partial charge in [-0.3, -0.25) is 4.79 Å². The van der Waals surface area contributed by atoms with Gasteiger partial charge in [0.2, 0.25) is 10.0 Å². The first-order valence-corrected chi connectivity index (χ1v) is 7.08. The van der Waals surface area contributed by atoms with Crippen molar-refractivity contribution in [3.05, 3.63) is 27.6 Å². The number of hydrogen-bond donors (Lipinski definition) is 2. The molecule has 0 aliphatic carbocycles. The number of nitrogens with zero attached hydrogens (tertiary/aromatic N) is 1. The van der Waals surface area contributed by atoms with Crippen LogP contribution in [0.3, 0.4) is 0 Å². The fourth-order valence-corrected chi connectivity index (χ4v) is 2.52. The highest BCUT2D eigenvalue weighted by atomic mass is 35.5. The van der Waals surface area contributed by atoms with Crippen LogP contribution in [0, 0.1) is 11.3 Å². The SMILES string of the molecule is N#CCCCCNS(=O)(=O)c1c[nH]c(=O)c(Cl)c1. The molecule has 0 aromatic carbocycles. The van der Waals surface area contributed by atoms with Gasteiger partial charge in [0.25, 0.3) is 5.56 Å². The van der Waals surface area contributed by atoms with Gasteiger partial charge in [0.15, 0.2) is 0 Å². The van der Waals surface area contributed by atoms with Crippen LogP contribution in [0.2, 0.25) is 5.02 Å². The number of nitrogens with one attached hydrogen (secondary N) is 2. The maximum absolute atomic E-state index is 11.8. The molecule has 0 atom stereocenters. The highest BCUT2D eigenvalue weighted by Crippen LogP contribution is 2.10. The summed E-state index contributed by atoms with van der Waals surface area (Å²) in [7, 11) is -3.67. The van der Waals surface area contributed by atoms with E-state index in [0.29, 0.717) is 19.3 Å². The average molecular weight is 290 g/mol. The monoisotopic (exact) mass is 289 g/mol. The van der Waals surface area contributed by atoms with E-state index >= 15 is 0 Å². The molecule has 1 heterocycles. The second kappa shape index (κ2) is 6.54. The van der Waals surface area contributed by atoms with Crippen LogP contribution < -0.4 is 10.3 Å². The molecule has 0 spiro atoms. The lowest BCUT2D eigenvalue weighted by Crippen LogP contribution is -2.25. The smallest absolute Gasteiger partial charge is 0.266 e. The van der Waals surface area contributed by atoms with Crippen molar-refractivity contribution in [1.82, 2.24) is 9.71 Å². The van der Waals surface area contributed by atoms with Gasteiger partial charge in [-0.05, 0) is 18.9 Å². The van der Waals surface area contributed by atoms with Crippen LogP contribution >= 0.6 is 11.6 Å². The van der Waals surface area contributed by atoms with Gasteiger partial charge in [-0.15, -0.1) is 0 Å². The molecule has 0 unspecified atom stereocenters. The van der Waals surface area contributed by atoms with Crippen LogP contribution in [-0.4, -0.2) is 19.9 Å². The van der Waals surface area contributed by atoms with Crippen LogP contribution in [0.5, 0.6) is 0 Å². The molecule has 0 aliphatic heterocycles. The first kappa shape index (κ1) is 14.7. The largest absolute Gasteiger partial charge is 0.326 e. The zero-order valence-electron chi connectivity index (χ0n) is 9.44. The molecule has 0 amide bonds. The van der Waals surface area contributed by atoms with E-state index in [1.54, 1.807) is 0 Å². The van der Waals surface area contributed by atoms with Crippen molar-refractivity contribution in [1.29, 1.82) is 5.26 Å². The molecule has 0 bridgehead atoms. The number of rotatable bonds is 6. The van der Waals surface area contributed by atoms with E-state index in [0.717, 1.165) is 12.3 Å². The van der Waals surface area contributed by atoms with Gasteiger partial charge in [-0.2, -0.15) is 5.26 Å². The maximum atomic E-state index is 11.8. The van der Waals surface area contributed by atoms with Crippen LogP contribution in [0.1, 0.15) is 19.3 Å². The van der Waals surface area contributed by atoms with E-state index < -0.39 is 15.6 Å². The number of halogens is 1.